The third-order valence-corrected chi connectivity index (χ3v) is 11.8. The zero-order valence-corrected chi connectivity index (χ0v) is 38.6. The molecule has 56 heavy (non-hydrogen) atoms. The van der Waals surface area contributed by atoms with E-state index < -0.39 is 5.41 Å². The zero-order chi connectivity index (χ0) is 42.9. The SMILES string of the molecule is CC(C)(C)c1cc(CC2=CC(C)(Cc3cc(C(C)(C)C)c(O)c(C(C)(C)C)c3)C(Cc3cc(C(C)(C)C)c(O)c(C(C)(C)C)c3)C=C2O)cc(C(C)(C)C)c1O. The van der Waals surface area contributed by atoms with E-state index in [2.05, 4.69) is 180 Å². The third-order valence-electron chi connectivity index (χ3n) is 11.8. The van der Waals surface area contributed by atoms with Gasteiger partial charge in [0.15, 0.2) is 0 Å². The van der Waals surface area contributed by atoms with E-state index >= 15 is 0 Å². The van der Waals surface area contributed by atoms with Crippen LogP contribution in [0.3, 0.4) is 0 Å². The summed E-state index contributed by atoms with van der Waals surface area (Å²) in [6.07, 6.45) is 6.28. The zero-order valence-electron chi connectivity index (χ0n) is 38.6. The van der Waals surface area contributed by atoms with Crippen LogP contribution in [0.15, 0.2) is 59.9 Å². The molecule has 0 aliphatic heterocycles. The van der Waals surface area contributed by atoms with Crippen LogP contribution in [0.5, 0.6) is 17.2 Å². The van der Waals surface area contributed by atoms with Crippen LogP contribution >= 0.6 is 0 Å². The first-order valence-corrected chi connectivity index (χ1v) is 20.8. The molecular weight excluding hydrogens is 689 g/mol. The fourth-order valence-electron chi connectivity index (χ4n) is 8.43. The van der Waals surface area contributed by atoms with E-state index in [4.69, 9.17) is 0 Å². The Morgan fingerprint density at radius 1 is 0.446 bits per heavy atom. The quantitative estimate of drug-likeness (QED) is 0.201. The number of aliphatic hydroxyl groups is 1. The second-order valence-electron chi connectivity index (χ2n) is 23.5. The minimum Gasteiger partial charge on any atom is -0.508 e. The number of allylic oxidation sites excluding steroid dienone is 3. The molecule has 3 aromatic carbocycles. The molecule has 0 aromatic heterocycles. The van der Waals surface area contributed by atoms with Gasteiger partial charge in [0.2, 0.25) is 0 Å². The van der Waals surface area contributed by atoms with Crippen molar-refractivity contribution in [3.05, 3.63) is 110 Å². The van der Waals surface area contributed by atoms with Crippen LogP contribution in [0.2, 0.25) is 0 Å². The van der Waals surface area contributed by atoms with Gasteiger partial charge in [0, 0.05) is 6.42 Å². The van der Waals surface area contributed by atoms with Crippen LogP contribution in [0, 0.1) is 11.3 Å². The van der Waals surface area contributed by atoms with Gasteiger partial charge >= 0.3 is 0 Å². The van der Waals surface area contributed by atoms with Crippen molar-refractivity contribution in [2.75, 3.05) is 0 Å². The fraction of sp³-hybridized carbons (Fsp3) is 0.577. The molecule has 4 nitrogen and oxygen atoms in total. The molecule has 4 rings (SSSR count). The van der Waals surface area contributed by atoms with Gasteiger partial charge in [-0.2, -0.15) is 0 Å². The lowest BCUT2D eigenvalue weighted by atomic mass is 9.65. The van der Waals surface area contributed by atoms with Crippen molar-refractivity contribution in [2.45, 2.75) is 183 Å². The van der Waals surface area contributed by atoms with E-state index in [1.165, 1.54) is 0 Å². The second kappa shape index (κ2) is 14.6. The van der Waals surface area contributed by atoms with E-state index in [1.807, 2.05) is 0 Å². The number of hydrogen-bond donors (Lipinski definition) is 4. The topological polar surface area (TPSA) is 80.9 Å². The van der Waals surface area contributed by atoms with Gasteiger partial charge in [-0.25, -0.2) is 0 Å². The average molecular weight is 765 g/mol. The Labute approximate surface area is 341 Å². The maximum absolute atomic E-state index is 12.0. The second-order valence-corrected chi connectivity index (χ2v) is 23.5. The largest absolute Gasteiger partial charge is 0.508 e. The van der Waals surface area contributed by atoms with Gasteiger partial charge in [-0.15, -0.1) is 0 Å². The Kier molecular flexibility index (Phi) is 11.8. The molecule has 0 spiro atoms. The lowest BCUT2D eigenvalue weighted by Crippen LogP contribution is -2.33. The summed E-state index contributed by atoms with van der Waals surface area (Å²) in [5.41, 5.74) is 7.76. The van der Waals surface area contributed by atoms with Crippen LogP contribution in [0.4, 0.5) is 0 Å². The standard InChI is InChI=1S/C52H76O4/c1-46(2,3)36-22-31(23-37(43(36)54)47(4,5)6)20-34-30-52(19,29-33-26-40(50(13,14)15)45(56)41(27-33)51(16,17)18)35(28-42(34)53)21-32-24-38(48(7,8)9)44(55)39(25-32)49(10,11)12/h22-28,30,35,53-56H,20-21,29H2,1-19H3. The van der Waals surface area contributed by atoms with E-state index in [-0.39, 0.29) is 44.2 Å². The van der Waals surface area contributed by atoms with Crippen molar-refractivity contribution in [3.8, 4) is 17.2 Å². The first kappa shape index (κ1) is 45.0. The van der Waals surface area contributed by atoms with Gasteiger partial charge in [-0.05, 0) is 118 Å². The highest BCUT2D eigenvalue weighted by molar-refractivity contribution is 5.54. The van der Waals surface area contributed by atoms with Crippen LogP contribution in [0.1, 0.15) is 182 Å². The predicted octanol–water partition coefficient (Wildman–Crippen LogP) is 13.6. The molecule has 4 N–H and O–H groups in total. The molecular formula is C52H76O4. The van der Waals surface area contributed by atoms with E-state index in [0.29, 0.717) is 36.5 Å². The molecule has 308 valence electrons. The van der Waals surface area contributed by atoms with Crippen LogP contribution in [-0.4, -0.2) is 20.4 Å². The first-order valence-electron chi connectivity index (χ1n) is 20.8. The molecule has 0 amide bonds. The number of rotatable bonds is 6. The lowest BCUT2D eigenvalue weighted by molar-refractivity contribution is 0.276. The van der Waals surface area contributed by atoms with Crippen LogP contribution in [-0.2, 0) is 51.8 Å². The summed E-state index contributed by atoms with van der Waals surface area (Å²) in [5.74, 6) is 1.31. The number of aliphatic hydroxyl groups excluding tert-OH is 1. The summed E-state index contributed by atoms with van der Waals surface area (Å²) in [6, 6.07) is 13.0. The van der Waals surface area contributed by atoms with Crippen molar-refractivity contribution in [3.63, 3.8) is 0 Å². The minimum absolute atomic E-state index is 0.0727. The predicted molar refractivity (Wildman–Crippen MR) is 238 cm³/mol. The highest BCUT2D eigenvalue weighted by atomic mass is 16.3. The van der Waals surface area contributed by atoms with Crippen molar-refractivity contribution in [1.29, 1.82) is 0 Å². The third kappa shape index (κ3) is 9.71. The fourth-order valence-corrected chi connectivity index (χ4v) is 8.43. The van der Waals surface area contributed by atoms with Crippen molar-refractivity contribution in [1.82, 2.24) is 0 Å². The maximum atomic E-state index is 12.0. The molecule has 0 saturated carbocycles. The average Bonchev–Trinajstić information content (AvgIpc) is 2.98. The summed E-state index contributed by atoms with van der Waals surface area (Å²) in [6.45, 7) is 40.9. The molecule has 0 radical (unpaired) electrons. The maximum Gasteiger partial charge on any atom is 0.123 e. The van der Waals surface area contributed by atoms with Crippen LogP contribution < -0.4 is 0 Å². The summed E-state index contributed by atoms with van der Waals surface area (Å²) >= 11 is 0. The molecule has 2 atom stereocenters. The Bertz CT molecular complexity index is 1910. The summed E-state index contributed by atoms with van der Waals surface area (Å²) in [7, 11) is 0. The molecule has 0 heterocycles. The first-order chi connectivity index (χ1) is 25.0. The van der Waals surface area contributed by atoms with Gasteiger partial charge in [0.05, 0.1) is 0 Å². The van der Waals surface area contributed by atoms with E-state index in [0.717, 1.165) is 55.6 Å². The normalized spacial score (nSPS) is 18.9. The molecule has 1 aliphatic carbocycles. The molecule has 1 aliphatic rings. The van der Waals surface area contributed by atoms with Gasteiger partial charge in [-0.3, -0.25) is 0 Å². The van der Waals surface area contributed by atoms with Crippen molar-refractivity contribution < 1.29 is 20.4 Å². The smallest absolute Gasteiger partial charge is 0.123 e. The highest BCUT2D eigenvalue weighted by Gasteiger charge is 2.38. The Morgan fingerprint density at radius 3 is 1.04 bits per heavy atom. The van der Waals surface area contributed by atoms with Gasteiger partial charge in [0.1, 0.15) is 23.0 Å². The molecule has 4 heteroatoms. The minimum atomic E-state index is -0.429. The number of benzene rings is 3. The van der Waals surface area contributed by atoms with Gasteiger partial charge in [0.25, 0.3) is 0 Å². The lowest BCUT2D eigenvalue weighted by Gasteiger charge is -2.39. The van der Waals surface area contributed by atoms with Crippen molar-refractivity contribution in [2.24, 2.45) is 11.3 Å². The Hall–Kier alpha value is -3.66. The molecule has 0 saturated heterocycles. The summed E-state index contributed by atoms with van der Waals surface area (Å²) in [4.78, 5) is 0. The molecule has 2 unspecified atom stereocenters. The summed E-state index contributed by atoms with van der Waals surface area (Å²) in [5, 5.41) is 46.7. The number of hydrogen-bond acceptors (Lipinski definition) is 4. The van der Waals surface area contributed by atoms with Gasteiger partial charge < -0.3 is 20.4 Å². The Balaban J connectivity index is 1.98. The molecule has 3 aromatic rings. The highest BCUT2D eigenvalue weighted by Crippen LogP contribution is 2.48. The number of phenolic OH excluding ortho intramolecular Hbond substituents is 3. The molecule has 0 fully saturated rings. The molecule has 0 bridgehead atoms. The van der Waals surface area contributed by atoms with E-state index in [9.17, 15) is 20.4 Å². The monoisotopic (exact) mass is 765 g/mol. The number of phenols is 3. The number of aromatic hydroxyl groups is 3. The summed E-state index contributed by atoms with van der Waals surface area (Å²) < 4.78 is 0. The van der Waals surface area contributed by atoms with E-state index in [1.54, 1.807) is 0 Å². The Morgan fingerprint density at radius 2 is 0.732 bits per heavy atom. The van der Waals surface area contributed by atoms with Gasteiger partial charge in [-0.1, -0.05) is 174 Å². The van der Waals surface area contributed by atoms with Crippen molar-refractivity contribution >= 4 is 0 Å². The van der Waals surface area contributed by atoms with Crippen LogP contribution in [0.25, 0.3) is 0 Å².